The normalized spacial score (nSPS) is 15.8. The van der Waals surface area contributed by atoms with Crippen molar-refractivity contribution in [2.75, 3.05) is 34.4 Å². The Balaban J connectivity index is 2.14. The number of rotatable bonds is 4. The van der Waals surface area contributed by atoms with Gasteiger partial charge in [-0.05, 0) is 23.8 Å². The number of piperazine rings is 1. The first-order valence-electron chi connectivity index (χ1n) is 6.39. The first kappa shape index (κ1) is 14.8. The minimum atomic E-state index is -0.625. The highest BCUT2D eigenvalue weighted by Crippen LogP contribution is 2.26. The number of methoxy groups -OCH3 is 2. The summed E-state index contributed by atoms with van der Waals surface area (Å²) in [5, 5.41) is 5.23. The minimum Gasteiger partial charge on any atom is -0.493 e. The van der Waals surface area contributed by atoms with E-state index >= 15 is 0 Å². The summed E-state index contributed by atoms with van der Waals surface area (Å²) in [7, 11) is 4.69. The molecule has 1 saturated heterocycles. The first-order chi connectivity index (χ1) is 10.1. The van der Waals surface area contributed by atoms with Gasteiger partial charge in [-0.3, -0.25) is 9.59 Å². The van der Waals surface area contributed by atoms with E-state index in [-0.39, 0.29) is 0 Å². The van der Waals surface area contributed by atoms with E-state index in [4.69, 9.17) is 9.47 Å². The van der Waals surface area contributed by atoms with Gasteiger partial charge in [0.15, 0.2) is 11.5 Å². The minimum absolute atomic E-state index is 0.380. The predicted molar refractivity (Wildman–Crippen MR) is 76.5 cm³/mol. The average Bonchev–Trinajstić information content (AvgIpc) is 2.51. The highest BCUT2D eigenvalue weighted by molar-refractivity contribution is 6.35. The molecule has 2 amide bonds. The Kier molecular flexibility index (Phi) is 4.42. The molecule has 1 aliphatic rings. The number of ether oxygens (including phenoxy) is 2. The number of hydrogen-bond acceptors (Lipinski definition) is 5. The summed E-state index contributed by atoms with van der Waals surface area (Å²) < 4.78 is 10.3. The van der Waals surface area contributed by atoms with Crippen LogP contribution in [0.5, 0.6) is 11.5 Å². The zero-order valence-corrected chi connectivity index (χ0v) is 12.2. The molecule has 2 rings (SSSR count). The van der Waals surface area contributed by atoms with E-state index in [1.54, 1.807) is 39.5 Å². The summed E-state index contributed by atoms with van der Waals surface area (Å²) in [5.74, 6) is 0.00826. The summed E-state index contributed by atoms with van der Waals surface area (Å²) in [6, 6.07) is 5.27. The molecule has 0 N–H and O–H groups in total. The highest BCUT2D eigenvalue weighted by Gasteiger charge is 2.29. The van der Waals surface area contributed by atoms with Gasteiger partial charge in [0.1, 0.15) is 0 Å². The lowest BCUT2D eigenvalue weighted by molar-refractivity contribution is -0.154. The Hall–Kier alpha value is -2.57. The Labute approximate surface area is 122 Å². The monoisotopic (exact) mass is 291 g/mol. The maximum atomic E-state index is 11.8. The van der Waals surface area contributed by atoms with Crippen LogP contribution in [0.15, 0.2) is 23.3 Å². The van der Waals surface area contributed by atoms with Crippen molar-refractivity contribution in [3.63, 3.8) is 0 Å². The van der Waals surface area contributed by atoms with Crippen molar-refractivity contribution in [2.45, 2.75) is 0 Å². The summed E-state index contributed by atoms with van der Waals surface area (Å²) in [4.78, 5) is 24.7. The fourth-order valence-electron chi connectivity index (χ4n) is 1.90. The van der Waals surface area contributed by atoms with Crippen LogP contribution in [-0.4, -0.2) is 62.3 Å². The molecular formula is C14H17N3O4. The molecule has 7 nitrogen and oxygen atoms in total. The van der Waals surface area contributed by atoms with Crippen LogP contribution in [-0.2, 0) is 9.59 Å². The van der Waals surface area contributed by atoms with Gasteiger partial charge in [-0.15, -0.1) is 0 Å². The van der Waals surface area contributed by atoms with Crippen LogP contribution in [0.2, 0.25) is 0 Å². The largest absolute Gasteiger partial charge is 0.493 e. The number of benzene rings is 1. The van der Waals surface area contributed by atoms with Gasteiger partial charge in [0, 0.05) is 13.6 Å². The maximum Gasteiger partial charge on any atom is 0.332 e. The van der Waals surface area contributed by atoms with Crippen LogP contribution in [0.25, 0.3) is 0 Å². The smallest absolute Gasteiger partial charge is 0.332 e. The number of hydrogen-bond donors (Lipinski definition) is 0. The van der Waals surface area contributed by atoms with Gasteiger partial charge in [-0.1, -0.05) is 0 Å². The molecule has 7 heteroatoms. The SMILES string of the molecule is COc1ccc(/C=N/N2CCN(C)C(=O)C2=O)cc1OC. The van der Waals surface area contributed by atoms with E-state index in [0.717, 1.165) is 5.56 Å². The van der Waals surface area contributed by atoms with Crippen LogP contribution in [0.1, 0.15) is 5.56 Å². The molecule has 21 heavy (non-hydrogen) atoms. The molecule has 1 heterocycles. The van der Waals surface area contributed by atoms with Gasteiger partial charge in [-0.25, -0.2) is 5.01 Å². The summed E-state index contributed by atoms with van der Waals surface area (Å²) in [6.45, 7) is 0.846. The second-order valence-corrected chi connectivity index (χ2v) is 4.51. The lowest BCUT2D eigenvalue weighted by Crippen LogP contribution is -2.50. The fraction of sp³-hybridized carbons (Fsp3) is 0.357. The van der Waals surface area contributed by atoms with E-state index in [2.05, 4.69) is 5.10 Å². The van der Waals surface area contributed by atoms with Crippen molar-refractivity contribution < 1.29 is 19.1 Å². The fourth-order valence-corrected chi connectivity index (χ4v) is 1.90. The molecule has 0 spiro atoms. The van der Waals surface area contributed by atoms with E-state index in [1.807, 2.05) is 0 Å². The zero-order chi connectivity index (χ0) is 15.4. The second-order valence-electron chi connectivity index (χ2n) is 4.51. The number of carbonyl (C=O) groups is 2. The summed E-state index contributed by atoms with van der Waals surface area (Å²) in [5.41, 5.74) is 0.742. The predicted octanol–water partition coefficient (Wildman–Crippen LogP) is 0.338. The molecule has 0 saturated carbocycles. The first-order valence-corrected chi connectivity index (χ1v) is 6.39. The lowest BCUT2D eigenvalue weighted by atomic mass is 10.2. The van der Waals surface area contributed by atoms with Gasteiger partial charge in [0.05, 0.1) is 27.0 Å². The molecule has 0 unspecified atom stereocenters. The van der Waals surface area contributed by atoms with Crippen molar-refractivity contribution in [1.29, 1.82) is 0 Å². The summed E-state index contributed by atoms with van der Waals surface area (Å²) in [6.07, 6.45) is 1.51. The Morgan fingerprint density at radius 1 is 1.10 bits per heavy atom. The molecular weight excluding hydrogens is 274 g/mol. The third-order valence-electron chi connectivity index (χ3n) is 3.17. The van der Waals surface area contributed by atoms with Crippen LogP contribution < -0.4 is 9.47 Å². The van der Waals surface area contributed by atoms with E-state index in [0.29, 0.717) is 24.6 Å². The Bertz CT molecular complexity index is 586. The van der Waals surface area contributed by atoms with Crippen molar-refractivity contribution in [3.8, 4) is 11.5 Å². The third kappa shape index (κ3) is 3.13. The standard InChI is InChI=1S/C14H17N3O4/c1-16-6-7-17(14(19)13(16)18)15-9-10-4-5-11(20-2)12(8-10)21-3/h4-5,8-9H,6-7H2,1-3H3/b15-9+. The number of carbonyl (C=O) groups excluding carboxylic acids is 2. The number of amides is 2. The molecule has 0 aromatic heterocycles. The zero-order valence-electron chi connectivity index (χ0n) is 12.2. The van der Waals surface area contributed by atoms with Gasteiger partial charge in [0.2, 0.25) is 0 Å². The molecule has 1 aromatic rings. The van der Waals surface area contributed by atoms with Crippen LogP contribution in [0, 0.1) is 0 Å². The quantitative estimate of drug-likeness (QED) is 0.592. The van der Waals surface area contributed by atoms with Crippen molar-refractivity contribution in [3.05, 3.63) is 23.8 Å². The second kappa shape index (κ2) is 6.25. The van der Waals surface area contributed by atoms with E-state index < -0.39 is 11.8 Å². The highest BCUT2D eigenvalue weighted by atomic mass is 16.5. The topological polar surface area (TPSA) is 71.4 Å². The molecule has 1 aromatic carbocycles. The van der Waals surface area contributed by atoms with Crippen molar-refractivity contribution >= 4 is 18.0 Å². The molecule has 1 fully saturated rings. The van der Waals surface area contributed by atoms with Gasteiger partial charge in [-0.2, -0.15) is 5.10 Å². The van der Waals surface area contributed by atoms with Crippen LogP contribution in [0.3, 0.4) is 0 Å². The molecule has 112 valence electrons. The third-order valence-corrected chi connectivity index (χ3v) is 3.17. The Morgan fingerprint density at radius 3 is 2.48 bits per heavy atom. The maximum absolute atomic E-state index is 11.8. The molecule has 1 aliphatic heterocycles. The van der Waals surface area contributed by atoms with Crippen LogP contribution in [0.4, 0.5) is 0 Å². The van der Waals surface area contributed by atoms with Gasteiger partial charge >= 0.3 is 11.8 Å². The van der Waals surface area contributed by atoms with Crippen LogP contribution >= 0.6 is 0 Å². The van der Waals surface area contributed by atoms with Crippen molar-refractivity contribution in [2.24, 2.45) is 5.10 Å². The Morgan fingerprint density at radius 2 is 1.81 bits per heavy atom. The van der Waals surface area contributed by atoms with E-state index in [1.165, 1.54) is 16.1 Å². The average molecular weight is 291 g/mol. The van der Waals surface area contributed by atoms with Crippen molar-refractivity contribution in [1.82, 2.24) is 9.91 Å². The summed E-state index contributed by atoms with van der Waals surface area (Å²) >= 11 is 0. The van der Waals surface area contributed by atoms with Gasteiger partial charge in [0.25, 0.3) is 0 Å². The molecule has 0 atom stereocenters. The molecule has 0 radical (unpaired) electrons. The number of nitrogens with zero attached hydrogens (tertiary/aromatic N) is 3. The lowest BCUT2D eigenvalue weighted by Gasteiger charge is -2.27. The molecule has 0 bridgehead atoms. The van der Waals surface area contributed by atoms with Gasteiger partial charge < -0.3 is 14.4 Å². The molecule has 0 aliphatic carbocycles. The van der Waals surface area contributed by atoms with E-state index in [9.17, 15) is 9.59 Å². The number of likely N-dealkylation sites (N-methyl/N-ethyl adjacent to an activating group) is 1. The number of hydrazone groups is 1.